The van der Waals surface area contributed by atoms with Crippen LogP contribution in [0, 0.1) is 0 Å². The molecule has 0 saturated heterocycles. The Kier molecular flexibility index (Phi) is 4.59. The van der Waals surface area contributed by atoms with Crippen LogP contribution < -0.4 is 5.32 Å². The van der Waals surface area contributed by atoms with Gasteiger partial charge in [-0.25, -0.2) is 15.0 Å². The van der Waals surface area contributed by atoms with E-state index in [1.807, 2.05) is 6.92 Å². The van der Waals surface area contributed by atoms with Gasteiger partial charge in [0, 0.05) is 6.42 Å². The molecule has 0 aliphatic rings. The molecule has 2 aromatic rings. The van der Waals surface area contributed by atoms with E-state index < -0.39 is 5.91 Å². The van der Waals surface area contributed by atoms with Gasteiger partial charge in [0.2, 0.25) is 5.82 Å². The third-order valence-electron chi connectivity index (χ3n) is 2.15. The Morgan fingerprint density at radius 2 is 2.21 bits per heavy atom. The highest BCUT2D eigenvalue weighted by atomic mass is 79.9. The summed E-state index contributed by atoms with van der Waals surface area (Å²) in [5.41, 5.74) is 0. The normalized spacial score (nSPS) is 10.5. The summed E-state index contributed by atoms with van der Waals surface area (Å²) in [6.45, 7) is 2.02. The highest BCUT2D eigenvalue weighted by Gasteiger charge is 2.15. The minimum atomic E-state index is -0.434. The fraction of sp³-hybridized carbons (Fsp3) is 0.300. The number of aromatic amines is 1. The molecule has 0 radical (unpaired) electrons. The lowest BCUT2D eigenvalue weighted by Gasteiger charge is -2.03. The monoisotopic (exact) mass is 388 g/mol. The van der Waals surface area contributed by atoms with Crippen LogP contribution in [0.5, 0.6) is 0 Å². The number of carbonyl (C=O) groups excluding carboxylic acids is 1. The smallest absolute Gasteiger partial charge is 0.296 e. The van der Waals surface area contributed by atoms with Crippen molar-refractivity contribution in [3.63, 3.8) is 0 Å². The van der Waals surface area contributed by atoms with Crippen molar-refractivity contribution in [2.75, 3.05) is 5.32 Å². The SMILES string of the molecule is CCCc1nc(C(=O)Nc2ncc(Br)nc2Br)n[nH]1. The second-order valence-corrected chi connectivity index (χ2v) is 5.21. The molecule has 0 unspecified atom stereocenters. The number of rotatable bonds is 4. The van der Waals surface area contributed by atoms with Gasteiger partial charge in [-0.05, 0) is 38.3 Å². The number of amides is 1. The highest BCUT2D eigenvalue weighted by molar-refractivity contribution is 9.11. The van der Waals surface area contributed by atoms with Crippen molar-refractivity contribution < 1.29 is 4.79 Å². The summed E-state index contributed by atoms with van der Waals surface area (Å²) in [6, 6.07) is 0. The number of halogens is 2. The van der Waals surface area contributed by atoms with E-state index in [-0.39, 0.29) is 5.82 Å². The molecule has 19 heavy (non-hydrogen) atoms. The Balaban J connectivity index is 2.11. The topological polar surface area (TPSA) is 96.5 Å². The van der Waals surface area contributed by atoms with Crippen LogP contribution in [0.2, 0.25) is 0 Å². The third kappa shape index (κ3) is 3.57. The van der Waals surface area contributed by atoms with Gasteiger partial charge < -0.3 is 5.32 Å². The number of aromatic nitrogens is 5. The van der Waals surface area contributed by atoms with E-state index in [4.69, 9.17) is 0 Å². The first-order chi connectivity index (χ1) is 9.10. The van der Waals surface area contributed by atoms with Gasteiger partial charge in [-0.3, -0.25) is 9.89 Å². The van der Waals surface area contributed by atoms with E-state index >= 15 is 0 Å². The number of nitrogens with zero attached hydrogens (tertiary/aromatic N) is 4. The van der Waals surface area contributed by atoms with Crippen LogP contribution in [0.15, 0.2) is 15.4 Å². The van der Waals surface area contributed by atoms with Crippen LogP contribution in [0.4, 0.5) is 5.82 Å². The quantitative estimate of drug-likeness (QED) is 0.836. The van der Waals surface area contributed by atoms with Gasteiger partial charge in [0.05, 0.1) is 6.20 Å². The molecule has 2 heterocycles. The third-order valence-corrected chi connectivity index (χ3v) is 3.09. The minimum Gasteiger partial charge on any atom is -0.301 e. The molecule has 0 aromatic carbocycles. The highest BCUT2D eigenvalue weighted by Crippen LogP contribution is 2.19. The maximum Gasteiger partial charge on any atom is 0.296 e. The van der Waals surface area contributed by atoms with Gasteiger partial charge in [-0.15, -0.1) is 5.10 Å². The molecule has 0 aliphatic heterocycles. The molecule has 7 nitrogen and oxygen atoms in total. The number of nitrogens with one attached hydrogen (secondary N) is 2. The van der Waals surface area contributed by atoms with Crippen LogP contribution in [0.25, 0.3) is 0 Å². The Bertz CT molecular complexity index is 599. The number of carbonyl (C=O) groups is 1. The van der Waals surface area contributed by atoms with Gasteiger partial charge in [-0.1, -0.05) is 6.92 Å². The summed E-state index contributed by atoms with van der Waals surface area (Å²) in [4.78, 5) is 24.1. The molecular weight excluding hydrogens is 380 g/mol. The van der Waals surface area contributed by atoms with Crippen molar-refractivity contribution in [2.24, 2.45) is 0 Å². The molecule has 2 aromatic heterocycles. The lowest BCUT2D eigenvalue weighted by atomic mass is 10.3. The lowest BCUT2D eigenvalue weighted by Crippen LogP contribution is -2.15. The summed E-state index contributed by atoms with van der Waals surface area (Å²) in [7, 11) is 0. The summed E-state index contributed by atoms with van der Waals surface area (Å²) in [5, 5.41) is 9.16. The number of hydrogen-bond acceptors (Lipinski definition) is 5. The van der Waals surface area contributed by atoms with Crippen molar-refractivity contribution >= 4 is 43.6 Å². The first-order valence-corrected chi connectivity index (χ1v) is 7.09. The van der Waals surface area contributed by atoms with Crippen molar-refractivity contribution in [2.45, 2.75) is 19.8 Å². The minimum absolute atomic E-state index is 0.0834. The second-order valence-electron chi connectivity index (χ2n) is 3.64. The number of anilines is 1. The fourth-order valence-electron chi connectivity index (χ4n) is 1.34. The van der Waals surface area contributed by atoms with Gasteiger partial charge >= 0.3 is 0 Å². The lowest BCUT2D eigenvalue weighted by molar-refractivity contribution is 0.101. The largest absolute Gasteiger partial charge is 0.301 e. The van der Waals surface area contributed by atoms with Crippen molar-refractivity contribution in [1.29, 1.82) is 0 Å². The molecule has 2 N–H and O–H groups in total. The van der Waals surface area contributed by atoms with Crippen LogP contribution in [-0.2, 0) is 6.42 Å². The standard InChI is InChI=1S/C10H10Br2N6O/c1-2-3-6-15-9(18-17-6)10(19)16-8-7(12)14-5(11)4-13-8/h4H,2-3H2,1H3,(H,13,16,19)(H,15,17,18). The summed E-state index contributed by atoms with van der Waals surface area (Å²) >= 11 is 6.39. The van der Waals surface area contributed by atoms with Crippen LogP contribution in [0.1, 0.15) is 29.8 Å². The molecule has 0 atom stereocenters. The molecular formula is C10H10Br2N6O. The predicted molar refractivity (Wildman–Crippen MR) is 75.8 cm³/mol. The summed E-state index contributed by atoms with van der Waals surface area (Å²) < 4.78 is 1.00. The maximum atomic E-state index is 11.9. The maximum absolute atomic E-state index is 11.9. The molecule has 0 saturated carbocycles. The van der Waals surface area contributed by atoms with Crippen LogP contribution in [0.3, 0.4) is 0 Å². The van der Waals surface area contributed by atoms with E-state index in [0.717, 1.165) is 12.8 Å². The second kappa shape index (κ2) is 6.20. The molecule has 0 fully saturated rings. The Labute approximate surface area is 125 Å². The van der Waals surface area contributed by atoms with E-state index in [9.17, 15) is 4.79 Å². The molecule has 2 rings (SSSR count). The molecule has 0 aliphatic carbocycles. The zero-order valence-corrected chi connectivity index (χ0v) is 13.1. The van der Waals surface area contributed by atoms with Gasteiger partial charge in [0.1, 0.15) is 15.0 Å². The first kappa shape index (κ1) is 14.1. The zero-order valence-electron chi connectivity index (χ0n) is 9.94. The Morgan fingerprint density at radius 3 is 2.89 bits per heavy atom. The molecule has 0 spiro atoms. The average molecular weight is 390 g/mol. The molecule has 0 bridgehead atoms. The molecule has 1 amide bonds. The number of H-pyrrole nitrogens is 1. The van der Waals surface area contributed by atoms with E-state index in [1.165, 1.54) is 6.20 Å². The average Bonchev–Trinajstić information content (AvgIpc) is 2.82. The number of hydrogen-bond donors (Lipinski definition) is 2. The molecule has 100 valence electrons. The van der Waals surface area contributed by atoms with Gasteiger partial charge in [0.25, 0.3) is 5.91 Å². The summed E-state index contributed by atoms with van der Waals surface area (Å²) in [5.74, 6) is 0.652. The van der Waals surface area contributed by atoms with E-state index in [0.29, 0.717) is 20.8 Å². The van der Waals surface area contributed by atoms with Crippen LogP contribution in [-0.4, -0.2) is 31.1 Å². The van der Waals surface area contributed by atoms with Gasteiger partial charge in [-0.2, -0.15) is 0 Å². The van der Waals surface area contributed by atoms with Crippen molar-refractivity contribution in [3.8, 4) is 0 Å². The zero-order chi connectivity index (χ0) is 13.8. The Hall–Kier alpha value is -1.35. The van der Waals surface area contributed by atoms with Gasteiger partial charge in [0.15, 0.2) is 5.82 Å². The molecule has 9 heteroatoms. The van der Waals surface area contributed by atoms with E-state index in [1.54, 1.807) is 0 Å². The fourth-order valence-corrected chi connectivity index (χ4v) is 2.25. The van der Waals surface area contributed by atoms with Crippen molar-refractivity contribution in [3.05, 3.63) is 27.1 Å². The summed E-state index contributed by atoms with van der Waals surface area (Å²) in [6.07, 6.45) is 3.17. The predicted octanol–water partition coefficient (Wildman–Crippen LogP) is 2.32. The number of aryl methyl sites for hydroxylation is 1. The van der Waals surface area contributed by atoms with E-state index in [2.05, 4.69) is 62.3 Å². The van der Waals surface area contributed by atoms with Crippen LogP contribution >= 0.6 is 31.9 Å². The Morgan fingerprint density at radius 1 is 1.42 bits per heavy atom. The first-order valence-electron chi connectivity index (χ1n) is 5.50. The van der Waals surface area contributed by atoms with Crippen molar-refractivity contribution in [1.82, 2.24) is 25.1 Å².